The Bertz CT molecular complexity index is 1430. The van der Waals surface area contributed by atoms with Crippen molar-refractivity contribution in [3.05, 3.63) is 76.8 Å². The van der Waals surface area contributed by atoms with Crippen molar-refractivity contribution in [1.29, 1.82) is 0 Å². The number of nitrogens with zero attached hydrogens (tertiary/aromatic N) is 1. The number of sulfonamides is 1. The van der Waals surface area contributed by atoms with Crippen molar-refractivity contribution >= 4 is 44.9 Å². The molecule has 0 fully saturated rings. The molecule has 0 saturated heterocycles. The number of benzene rings is 3. The molecule has 1 amide bonds. The molecule has 0 bridgehead atoms. The summed E-state index contributed by atoms with van der Waals surface area (Å²) in [7, 11) is -2.71. The minimum atomic E-state index is -4.09. The molecule has 1 aliphatic rings. The first-order chi connectivity index (χ1) is 17.7. The number of nitrogens with one attached hydrogen (secondary N) is 1. The summed E-state index contributed by atoms with van der Waals surface area (Å²) < 4.78 is 44.2. The lowest BCUT2D eigenvalue weighted by Crippen LogP contribution is -2.38. The Morgan fingerprint density at radius 3 is 2.54 bits per heavy atom. The number of fused-ring (bicyclic) bond motifs is 1. The summed E-state index contributed by atoms with van der Waals surface area (Å²) >= 11 is 6.07. The Kier molecular flexibility index (Phi) is 7.89. The number of ether oxygens (including phenoxy) is 3. The molecule has 1 aliphatic heterocycles. The van der Waals surface area contributed by atoms with E-state index in [0.717, 1.165) is 5.56 Å². The van der Waals surface area contributed by atoms with E-state index in [1.807, 2.05) is 0 Å². The van der Waals surface area contributed by atoms with Crippen molar-refractivity contribution in [2.45, 2.75) is 18.2 Å². The van der Waals surface area contributed by atoms with Crippen molar-refractivity contribution in [1.82, 2.24) is 0 Å². The molecule has 0 saturated carbocycles. The van der Waals surface area contributed by atoms with E-state index in [2.05, 4.69) is 5.32 Å². The van der Waals surface area contributed by atoms with E-state index >= 15 is 0 Å². The van der Waals surface area contributed by atoms with Gasteiger partial charge in [0.25, 0.3) is 15.9 Å². The fourth-order valence-corrected chi connectivity index (χ4v) is 5.72. The molecule has 0 aromatic heterocycles. The van der Waals surface area contributed by atoms with Crippen LogP contribution in [0.2, 0.25) is 5.02 Å². The van der Waals surface area contributed by atoms with Crippen LogP contribution in [0.15, 0.2) is 65.6 Å². The topological polar surface area (TPSA) is 111 Å². The molecule has 194 valence electrons. The largest absolute Gasteiger partial charge is 0.495 e. The van der Waals surface area contributed by atoms with Gasteiger partial charge >= 0.3 is 5.97 Å². The molecular formula is C26H25ClN2O7S. The fourth-order valence-electron chi connectivity index (χ4n) is 3.84. The predicted molar refractivity (Wildman–Crippen MR) is 139 cm³/mol. The van der Waals surface area contributed by atoms with Crippen LogP contribution in [-0.2, 0) is 26.0 Å². The lowest BCUT2D eigenvalue weighted by Gasteiger charge is -2.31. The zero-order chi connectivity index (χ0) is 26.6. The van der Waals surface area contributed by atoms with Gasteiger partial charge in [0.2, 0.25) is 0 Å². The lowest BCUT2D eigenvalue weighted by atomic mass is 10.1. The van der Waals surface area contributed by atoms with Crippen molar-refractivity contribution in [2.24, 2.45) is 0 Å². The van der Waals surface area contributed by atoms with Crippen LogP contribution in [0.5, 0.6) is 11.5 Å². The van der Waals surface area contributed by atoms with Gasteiger partial charge < -0.3 is 19.5 Å². The van der Waals surface area contributed by atoms with Gasteiger partial charge in [-0.15, -0.1) is 0 Å². The minimum Gasteiger partial charge on any atom is -0.495 e. The first-order valence-electron chi connectivity index (χ1n) is 11.4. The number of esters is 1. The van der Waals surface area contributed by atoms with Crippen LogP contribution in [0.1, 0.15) is 22.8 Å². The standard InChI is InChI=1S/C26H25ClN2O7S/c1-3-35-25(30)14-17-4-8-20(9-5-17)28-26(31)18-6-10-22-21(15-18)29(12-13-36-22)37(32,33)24-16-19(27)7-11-23(24)34-2/h4-11,15-16H,3,12-14H2,1-2H3,(H,28,31). The second-order valence-electron chi connectivity index (χ2n) is 8.04. The SMILES string of the molecule is CCOC(=O)Cc1ccc(NC(=O)c2ccc3c(c2)N(S(=O)(=O)c2cc(Cl)ccc2OC)CCO3)cc1. The number of halogens is 1. The Balaban J connectivity index is 1.58. The van der Waals surface area contributed by atoms with E-state index in [4.69, 9.17) is 25.8 Å². The van der Waals surface area contributed by atoms with Crippen LogP contribution in [0, 0.1) is 0 Å². The molecule has 4 rings (SSSR count). The molecule has 0 aliphatic carbocycles. The van der Waals surface area contributed by atoms with Crippen LogP contribution in [0.25, 0.3) is 0 Å². The van der Waals surface area contributed by atoms with Gasteiger partial charge in [-0.3, -0.25) is 13.9 Å². The quantitative estimate of drug-likeness (QED) is 0.421. The number of amides is 1. The van der Waals surface area contributed by atoms with Gasteiger partial charge in [-0.05, 0) is 61.0 Å². The zero-order valence-corrected chi connectivity index (χ0v) is 21.8. The molecule has 37 heavy (non-hydrogen) atoms. The maximum Gasteiger partial charge on any atom is 0.310 e. The van der Waals surface area contributed by atoms with Crippen LogP contribution in [-0.4, -0.2) is 47.2 Å². The molecule has 1 N–H and O–H groups in total. The number of hydrogen-bond donors (Lipinski definition) is 1. The van der Waals surface area contributed by atoms with Crippen molar-refractivity contribution in [3.8, 4) is 11.5 Å². The molecule has 9 nitrogen and oxygen atoms in total. The molecule has 0 radical (unpaired) electrons. The average Bonchev–Trinajstić information content (AvgIpc) is 2.89. The monoisotopic (exact) mass is 544 g/mol. The van der Waals surface area contributed by atoms with E-state index in [1.54, 1.807) is 49.4 Å². The highest BCUT2D eigenvalue weighted by molar-refractivity contribution is 7.93. The maximum atomic E-state index is 13.6. The molecule has 3 aromatic carbocycles. The second-order valence-corrected chi connectivity index (χ2v) is 10.3. The average molecular weight is 545 g/mol. The molecule has 1 heterocycles. The van der Waals surface area contributed by atoms with Crippen LogP contribution in [0.4, 0.5) is 11.4 Å². The van der Waals surface area contributed by atoms with Crippen LogP contribution in [0.3, 0.4) is 0 Å². The van der Waals surface area contributed by atoms with Gasteiger partial charge in [-0.2, -0.15) is 0 Å². The Labute approximate surface area is 219 Å². The third-order valence-electron chi connectivity index (χ3n) is 5.60. The van der Waals surface area contributed by atoms with Gasteiger partial charge in [-0.1, -0.05) is 23.7 Å². The van der Waals surface area contributed by atoms with Gasteiger partial charge in [0, 0.05) is 16.3 Å². The van der Waals surface area contributed by atoms with Crippen molar-refractivity contribution in [3.63, 3.8) is 0 Å². The summed E-state index contributed by atoms with van der Waals surface area (Å²) in [5.41, 5.74) is 1.73. The smallest absolute Gasteiger partial charge is 0.310 e. The molecular weight excluding hydrogens is 520 g/mol. The summed E-state index contributed by atoms with van der Waals surface area (Å²) in [6.07, 6.45) is 0.134. The molecule has 3 aromatic rings. The van der Waals surface area contributed by atoms with Crippen molar-refractivity contribution in [2.75, 3.05) is 36.5 Å². The van der Waals surface area contributed by atoms with Gasteiger partial charge in [0.15, 0.2) is 0 Å². The van der Waals surface area contributed by atoms with E-state index in [-0.39, 0.29) is 52.5 Å². The number of hydrogen-bond acceptors (Lipinski definition) is 7. The summed E-state index contributed by atoms with van der Waals surface area (Å²) in [6.45, 7) is 2.23. The van der Waals surface area contributed by atoms with E-state index in [1.165, 1.54) is 29.6 Å². The first kappa shape index (κ1) is 26.3. The van der Waals surface area contributed by atoms with Gasteiger partial charge in [0.1, 0.15) is 23.0 Å². The van der Waals surface area contributed by atoms with Crippen LogP contribution >= 0.6 is 11.6 Å². The zero-order valence-electron chi connectivity index (χ0n) is 20.2. The van der Waals surface area contributed by atoms with E-state index in [9.17, 15) is 18.0 Å². The number of rotatable bonds is 8. The van der Waals surface area contributed by atoms with E-state index < -0.39 is 15.9 Å². The Morgan fingerprint density at radius 2 is 1.84 bits per heavy atom. The fraction of sp³-hybridized carbons (Fsp3) is 0.231. The predicted octanol–water partition coefficient (Wildman–Crippen LogP) is 4.29. The number of carbonyl (C=O) groups is 2. The lowest BCUT2D eigenvalue weighted by molar-refractivity contribution is -0.142. The Hall–Kier alpha value is -3.76. The molecule has 0 atom stereocenters. The first-order valence-corrected chi connectivity index (χ1v) is 13.2. The highest BCUT2D eigenvalue weighted by Crippen LogP contribution is 2.38. The molecule has 11 heteroatoms. The highest BCUT2D eigenvalue weighted by Gasteiger charge is 2.33. The third-order valence-corrected chi connectivity index (χ3v) is 7.67. The molecule has 0 unspecified atom stereocenters. The second kappa shape index (κ2) is 11.1. The maximum absolute atomic E-state index is 13.6. The summed E-state index contributed by atoms with van der Waals surface area (Å²) in [4.78, 5) is 24.6. The van der Waals surface area contributed by atoms with Gasteiger partial charge in [0.05, 0.1) is 32.4 Å². The highest BCUT2D eigenvalue weighted by atomic mass is 35.5. The summed E-state index contributed by atoms with van der Waals surface area (Å²) in [6, 6.07) is 15.7. The third kappa shape index (κ3) is 5.81. The molecule has 0 spiro atoms. The summed E-state index contributed by atoms with van der Waals surface area (Å²) in [5.74, 6) is -0.289. The number of methoxy groups -OCH3 is 1. The minimum absolute atomic E-state index is 0.0397. The normalized spacial score (nSPS) is 12.8. The van der Waals surface area contributed by atoms with Crippen molar-refractivity contribution < 1.29 is 32.2 Å². The van der Waals surface area contributed by atoms with E-state index in [0.29, 0.717) is 18.0 Å². The Morgan fingerprint density at radius 1 is 1.08 bits per heavy atom. The number of carbonyl (C=O) groups excluding carboxylic acids is 2. The number of anilines is 2. The van der Waals surface area contributed by atoms with Crippen LogP contribution < -0.4 is 19.1 Å². The van der Waals surface area contributed by atoms with Gasteiger partial charge in [-0.25, -0.2) is 8.42 Å². The summed E-state index contributed by atoms with van der Waals surface area (Å²) in [5, 5.41) is 3.03.